The van der Waals surface area contributed by atoms with E-state index in [9.17, 15) is 0 Å². The molecule has 0 saturated heterocycles. The van der Waals surface area contributed by atoms with E-state index >= 15 is 0 Å². The number of hydrogen-bond donors (Lipinski definition) is 1. The molecule has 0 amide bonds. The van der Waals surface area contributed by atoms with E-state index in [0.717, 1.165) is 24.3 Å². The third kappa shape index (κ3) is 1.80. The molecule has 0 spiro atoms. The van der Waals surface area contributed by atoms with Crippen LogP contribution >= 0.6 is 0 Å². The van der Waals surface area contributed by atoms with Crippen LogP contribution in [0.5, 0.6) is 5.75 Å². The van der Waals surface area contributed by atoms with Gasteiger partial charge < -0.3 is 10.1 Å². The number of nitrogens with zero attached hydrogens (tertiary/aromatic N) is 1. The van der Waals surface area contributed by atoms with Crippen molar-refractivity contribution in [3.63, 3.8) is 0 Å². The SMILES string of the molecule is CNc1ccc(C#N)cc1OC1CC1. The van der Waals surface area contributed by atoms with Gasteiger partial charge in [-0.05, 0) is 25.0 Å². The van der Waals surface area contributed by atoms with Crippen LogP contribution in [-0.2, 0) is 0 Å². The van der Waals surface area contributed by atoms with Crippen LogP contribution in [0.2, 0.25) is 0 Å². The number of ether oxygens (including phenoxy) is 1. The number of rotatable bonds is 3. The van der Waals surface area contributed by atoms with Crippen LogP contribution in [0.4, 0.5) is 5.69 Å². The fraction of sp³-hybridized carbons (Fsp3) is 0.364. The maximum absolute atomic E-state index is 8.75. The van der Waals surface area contributed by atoms with Crippen LogP contribution < -0.4 is 10.1 Å². The number of benzene rings is 1. The molecule has 1 aromatic carbocycles. The largest absolute Gasteiger partial charge is 0.488 e. The normalized spacial score (nSPS) is 14.6. The molecular formula is C11H12N2O. The molecular weight excluding hydrogens is 176 g/mol. The van der Waals surface area contributed by atoms with E-state index in [2.05, 4.69) is 11.4 Å². The fourth-order valence-corrected chi connectivity index (χ4v) is 1.26. The Hall–Kier alpha value is -1.69. The first-order valence-corrected chi connectivity index (χ1v) is 4.72. The van der Waals surface area contributed by atoms with E-state index in [-0.39, 0.29) is 0 Å². The molecule has 0 aromatic heterocycles. The standard InChI is InChI=1S/C11H12N2O/c1-13-10-5-2-8(7-12)6-11(10)14-9-3-4-9/h2,5-6,9,13H,3-4H2,1H3. The van der Waals surface area contributed by atoms with E-state index in [1.54, 1.807) is 12.1 Å². The Morgan fingerprint density at radius 3 is 2.86 bits per heavy atom. The summed E-state index contributed by atoms with van der Waals surface area (Å²) in [4.78, 5) is 0. The van der Waals surface area contributed by atoms with Crippen molar-refractivity contribution in [1.29, 1.82) is 5.26 Å². The summed E-state index contributed by atoms with van der Waals surface area (Å²) < 4.78 is 5.68. The molecule has 0 bridgehead atoms. The summed E-state index contributed by atoms with van der Waals surface area (Å²) in [5.74, 6) is 0.786. The average Bonchev–Trinajstić information content (AvgIpc) is 3.01. The maximum Gasteiger partial charge on any atom is 0.144 e. The topological polar surface area (TPSA) is 45.0 Å². The van der Waals surface area contributed by atoms with Gasteiger partial charge in [0.25, 0.3) is 0 Å². The molecule has 1 aliphatic carbocycles. The molecule has 1 aromatic rings. The Morgan fingerprint density at radius 2 is 2.29 bits per heavy atom. The predicted molar refractivity (Wildman–Crippen MR) is 54.4 cm³/mol. The zero-order valence-electron chi connectivity index (χ0n) is 8.08. The lowest BCUT2D eigenvalue weighted by Crippen LogP contribution is -2.00. The first-order chi connectivity index (χ1) is 6.83. The Bertz CT molecular complexity index is 377. The molecule has 3 heteroatoms. The first-order valence-electron chi connectivity index (χ1n) is 4.72. The number of anilines is 1. The van der Waals surface area contributed by atoms with Crippen molar-refractivity contribution in [2.75, 3.05) is 12.4 Å². The minimum atomic E-state index is 0.357. The highest BCUT2D eigenvalue weighted by Gasteiger charge is 2.24. The lowest BCUT2D eigenvalue weighted by molar-refractivity contribution is 0.304. The Labute approximate surface area is 83.3 Å². The van der Waals surface area contributed by atoms with Crippen LogP contribution in [0, 0.1) is 11.3 Å². The van der Waals surface area contributed by atoms with Crippen LogP contribution in [-0.4, -0.2) is 13.2 Å². The summed E-state index contributed by atoms with van der Waals surface area (Å²) in [6.45, 7) is 0. The predicted octanol–water partition coefficient (Wildman–Crippen LogP) is 2.14. The molecule has 1 N–H and O–H groups in total. The van der Waals surface area contributed by atoms with Crippen molar-refractivity contribution >= 4 is 5.69 Å². The summed E-state index contributed by atoms with van der Waals surface area (Å²) in [7, 11) is 1.85. The highest BCUT2D eigenvalue weighted by molar-refractivity contribution is 5.59. The van der Waals surface area contributed by atoms with Crippen molar-refractivity contribution in [3.8, 4) is 11.8 Å². The number of hydrogen-bond acceptors (Lipinski definition) is 3. The van der Waals surface area contributed by atoms with Gasteiger partial charge in [-0.25, -0.2) is 0 Å². The fourth-order valence-electron chi connectivity index (χ4n) is 1.26. The van der Waals surface area contributed by atoms with Gasteiger partial charge in [-0.3, -0.25) is 0 Å². The van der Waals surface area contributed by atoms with Gasteiger partial charge in [0.15, 0.2) is 0 Å². The minimum absolute atomic E-state index is 0.357. The third-order valence-corrected chi connectivity index (χ3v) is 2.20. The molecule has 72 valence electrons. The summed E-state index contributed by atoms with van der Waals surface area (Å²) >= 11 is 0. The van der Waals surface area contributed by atoms with Gasteiger partial charge in [0, 0.05) is 13.1 Å². The van der Waals surface area contributed by atoms with E-state index < -0.39 is 0 Å². The van der Waals surface area contributed by atoms with E-state index in [1.165, 1.54) is 0 Å². The zero-order valence-corrected chi connectivity index (χ0v) is 8.08. The van der Waals surface area contributed by atoms with Crippen molar-refractivity contribution in [3.05, 3.63) is 23.8 Å². The molecule has 1 aliphatic rings. The molecule has 0 unspecified atom stereocenters. The minimum Gasteiger partial charge on any atom is -0.488 e. The summed E-state index contributed by atoms with van der Waals surface area (Å²) in [5.41, 5.74) is 1.58. The second-order valence-corrected chi connectivity index (χ2v) is 3.39. The van der Waals surface area contributed by atoms with Gasteiger partial charge in [0.1, 0.15) is 5.75 Å². The van der Waals surface area contributed by atoms with Crippen molar-refractivity contribution in [2.45, 2.75) is 18.9 Å². The quantitative estimate of drug-likeness (QED) is 0.790. The molecule has 2 rings (SSSR count). The van der Waals surface area contributed by atoms with Crippen LogP contribution in [0.3, 0.4) is 0 Å². The van der Waals surface area contributed by atoms with Gasteiger partial charge in [-0.15, -0.1) is 0 Å². The van der Waals surface area contributed by atoms with Crippen LogP contribution in [0.1, 0.15) is 18.4 Å². The molecule has 0 heterocycles. The lowest BCUT2D eigenvalue weighted by Gasteiger charge is -2.10. The molecule has 3 nitrogen and oxygen atoms in total. The van der Waals surface area contributed by atoms with Crippen molar-refractivity contribution in [1.82, 2.24) is 0 Å². The molecule has 0 atom stereocenters. The van der Waals surface area contributed by atoms with Crippen LogP contribution in [0.15, 0.2) is 18.2 Å². The summed E-state index contributed by atoms with van der Waals surface area (Å²) in [6.07, 6.45) is 2.61. The summed E-state index contributed by atoms with van der Waals surface area (Å²) in [5, 5.41) is 11.8. The van der Waals surface area contributed by atoms with Gasteiger partial charge in [0.05, 0.1) is 23.4 Å². The van der Waals surface area contributed by atoms with E-state index in [0.29, 0.717) is 11.7 Å². The average molecular weight is 188 g/mol. The second-order valence-electron chi connectivity index (χ2n) is 3.39. The lowest BCUT2D eigenvalue weighted by atomic mass is 10.2. The molecule has 14 heavy (non-hydrogen) atoms. The maximum atomic E-state index is 8.75. The van der Waals surface area contributed by atoms with Crippen molar-refractivity contribution in [2.24, 2.45) is 0 Å². The number of nitriles is 1. The molecule has 1 saturated carbocycles. The monoisotopic (exact) mass is 188 g/mol. The molecule has 0 aliphatic heterocycles. The second kappa shape index (κ2) is 3.59. The van der Waals surface area contributed by atoms with Crippen LogP contribution in [0.25, 0.3) is 0 Å². The third-order valence-electron chi connectivity index (χ3n) is 2.20. The van der Waals surface area contributed by atoms with Gasteiger partial charge >= 0.3 is 0 Å². The Morgan fingerprint density at radius 1 is 1.50 bits per heavy atom. The zero-order chi connectivity index (χ0) is 9.97. The van der Waals surface area contributed by atoms with Crippen molar-refractivity contribution < 1.29 is 4.74 Å². The Kier molecular flexibility index (Phi) is 2.28. The van der Waals surface area contributed by atoms with Gasteiger partial charge in [0.2, 0.25) is 0 Å². The Balaban J connectivity index is 2.27. The highest BCUT2D eigenvalue weighted by atomic mass is 16.5. The van der Waals surface area contributed by atoms with E-state index in [1.807, 2.05) is 13.1 Å². The smallest absolute Gasteiger partial charge is 0.144 e. The first kappa shape index (κ1) is 8.89. The van der Waals surface area contributed by atoms with Gasteiger partial charge in [-0.2, -0.15) is 5.26 Å². The molecule has 0 radical (unpaired) electrons. The van der Waals surface area contributed by atoms with Gasteiger partial charge in [-0.1, -0.05) is 0 Å². The highest BCUT2D eigenvalue weighted by Crippen LogP contribution is 2.32. The van der Waals surface area contributed by atoms with E-state index in [4.69, 9.17) is 10.00 Å². The summed E-state index contributed by atoms with van der Waals surface area (Å²) in [6, 6.07) is 7.54. The molecule has 1 fully saturated rings. The number of nitrogens with one attached hydrogen (secondary N) is 1.